The maximum absolute atomic E-state index is 12.0. The summed E-state index contributed by atoms with van der Waals surface area (Å²) in [5.74, 6) is 0.144. The van der Waals surface area contributed by atoms with Crippen molar-refractivity contribution in [1.82, 2.24) is 9.99 Å². The fourth-order valence-electron chi connectivity index (χ4n) is 2.99. The van der Waals surface area contributed by atoms with Crippen LogP contribution in [0.15, 0.2) is 64.6 Å². The summed E-state index contributed by atoms with van der Waals surface area (Å²) in [7, 11) is 0. The number of aromatic nitrogens is 1. The second-order valence-electron chi connectivity index (χ2n) is 6.48. The van der Waals surface area contributed by atoms with E-state index in [9.17, 15) is 4.79 Å². The molecule has 0 fully saturated rings. The van der Waals surface area contributed by atoms with Crippen molar-refractivity contribution < 1.29 is 4.79 Å². The third kappa shape index (κ3) is 4.86. The molecule has 0 saturated carbocycles. The molecule has 1 aromatic heterocycles. The Labute approximate surface area is 174 Å². The number of carbonyl (C=O) groups is 1. The first-order valence-corrected chi connectivity index (χ1v) is 10.3. The number of halogens is 1. The van der Waals surface area contributed by atoms with Crippen LogP contribution in [0.25, 0.3) is 5.69 Å². The molecule has 6 heteroatoms. The Kier molecular flexibility index (Phi) is 6.60. The Bertz CT molecular complexity index is 1010. The van der Waals surface area contributed by atoms with Gasteiger partial charge in [-0.05, 0) is 62.7 Å². The van der Waals surface area contributed by atoms with Crippen molar-refractivity contribution in [2.75, 3.05) is 5.75 Å². The summed E-state index contributed by atoms with van der Waals surface area (Å²) in [6.07, 6.45) is 1.70. The molecule has 0 bridgehead atoms. The van der Waals surface area contributed by atoms with Gasteiger partial charge in [-0.1, -0.05) is 29.8 Å². The Morgan fingerprint density at radius 3 is 2.57 bits per heavy atom. The van der Waals surface area contributed by atoms with Crippen molar-refractivity contribution in [1.29, 1.82) is 0 Å². The Balaban J connectivity index is 1.63. The average Bonchev–Trinajstić information content (AvgIpc) is 2.95. The lowest BCUT2D eigenvalue weighted by atomic mass is 10.2. The number of hydrogen-bond donors (Lipinski definition) is 1. The van der Waals surface area contributed by atoms with Crippen molar-refractivity contribution in [3.05, 3.63) is 82.1 Å². The van der Waals surface area contributed by atoms with Crippen molar-refractivity contribution >= 4 is 35.5 Å². The third-order valence-corrected chi connectivity index (χ3v) is 5.67. The molecule has 0 radical (unpaired) electrons. The Morgan fingerprint density at radius 2 is 1.86 bits per heavy atom. The van der Waals surface area contributed by atoms with Crippen LogP contribution >= 0.6 is 23.4 Å². The van der Waals surface area contributed by atoms with Crippen molar-refractivity contribution in [3.8, 4) is 5.69 Å². The molecule has 0 aliphatic rings. The maximum atomic E-state index is 12.0. The van der Waals surface area contributed by atoms with Gasteiger partial charge in [-0.3, -0.25) is 4.79 Å². The molecule has 144 valence electrons. The molecule has 0 atom stereocenters. The number of nitrogens with one attached hydrogen (secondary N) is 1. The minimum Gasteiger partial charge on any atom is -0.318 e. The largest absolute Gasteiger partial charge is 0.318 e. The smallest absolute Gasteiger partial charge is 0.250 e. The van der Waals surface area contributed by atoms with E-state index in [0.717, 1.165) is 27.5 Å². The van der Waals surface area contributed by atoms with Crippen LogP contribution in [0.4, 0.5) is 0 Å². The normalized spacial score (nSPS) is 11.1. The Morgan fingerprint density at radius 1 is 1.14 bits per heavy atom. The highest BCUT2D eigenvalue weighted by atomic mass is 35.5. The highest BCUT2D eigenvalue weighted by Crippen LogP contribution is 2.22. The van der Waals surface area contributed by atoms with Crippen LogP contribution in [0.1, 0.15) is 22.5 Å². The van der Waals surface area contributed by atoms with E-state index in [1.54, 1.807) is 6.21 Å². The number of carbonyl (C=O) groups excluding carboxylic acids is 1. The van der Waals surface area contributed by atoms with Crippen LogP contribution in [0.2, 0.25) is 5.02 Å². The van der Waals surface area contributed by atoms with E-state index in [1.807, 2.05) is 36.4 Å². The zero-order chi connectivity index (χ0) is 20.1. The Hall–Kier alpha value is -2.50. The first-order chi connectivity index (χ1) is 13.5. The van der Waals surface area contributed by atoms with Gasteiger partial charge in [0.05, 0.1) is 12.0 Å². The fraction of sp³-hybridized carbons (Fsp3) is 0.182. The molecule has 3 rings (SSSR count). The number of hydrazone groups is 1. The van der Waals surface area contributed by atoms with Gasteiger partial charge in [-0.15, -0.1) is 11.8 Å². The molecule has 28 heavy (non-hydrogen) atoms. The van der Waals surface area contributed by atoms with E-state index in [4.69, 9.17) is 11.6 Å². The molecule has 0 aliphatic heterocycles. The van der Waals surface area contributed by atoms with Crippen molar-refractivity contribution in [2.45, 2.75) is 25.7 Å². The first-order valence-electron chi connectivity index (χ1n) is 8.91. The van der Waals surface area contributed by atoms with Crippen LogP contribution in [0.3, 0.4) is 0 Å². The van der Waals surface area contributed by atoms with Crippen LogP contribution < -0.4 is 5.43 Å². The van der Waals surface area contributed by atoms with Crippen LogP contribution in [-0.2, 0) is 4.79 Å². The fourth-order valence-corrected chi connectivity index (χ4v) is 3.81. The first kappa shape index (κ1) is 20.2. The predicted molar refractivity (Wildman–Crippen MR) is 118 cm³/mol. The van der Waals surface area contributed by atoms with Crippen LogP contribution in [0.5, 0.6) is 0 Å². The monoisotopic (exact) mass is 411 g/mol. The van der Waals surface area contributed by atoms with Gasteiger partial charge < -0.3 is 4.57 Å². The van der Waals surface area contributed by atoms with E-state index >= 15 is 0 Å². The lowest BCUT2D eigenvalue weighted by Crippen LogP contribution is -2.19. The second-order valence-corrected chi connectivity index (χ2v) is 7.97. The molecule has 0 spiro atoms. The third-order valence-electron chi connectivity index (χ3n) is 4.40. The van der Waals surface area contributed by atoms with E-state index in [-0.39, 0.29) is 5.91 Å². The number of rotatable bonds is 6. The minimum absolute atomic E-state index is 0.149. The summed E-state index contributed by atoms with van der Waals surface area (Å²) in [5, 5.41) is 4.81. The van der Waals surface area contributed by atoms with E-state index < -0.39 is 0 Å². The molecule has 0 unspecified atom stereocenters. The molecule has 4 nitrogen and oxygen atoms in total. The van der Waals surface area contributed by atoms with E-state index in [1.165, 1.54) is 17.3 Å². The molecule has 3 aromatic rings. The standard InChI is InChI=1S/C22H22ClN3OS/c1-15-6-4-5-7-21(15)26-16(2)12-18(17(26)3)13-24-25-22(27)14-28-20-10-8-19(23)9-11-20/h4-13H,14H2,1-3H3,(H,25,27)/b24-13-. The highest BCUT2D eigenvalue weighted by molar-refractivity contribution is 8.00. The topological polar surface area (TPSA) is 46.4 Å². The quantitative estimate of drug-likeness (QED) is 0.340. The number of para-hydroxylation sites is 1. The summed E-state index contributed by atoms with van der Waals surface area (Å²) in [6, 6.07) is 17.7. The number of amides is 1. The minimum atomic E-state index is -0.149. The van der Waals surface area contributed by atoms with Gasteiger partial charge in [0.15, 0.2) is 0 Å². The molecule has 2 aromatic carbocycles. The molecule has 1 N–H and O–H groups in total. The van der Waals surface area contributed by atoms with Gasteiger partial charge in [-0.2, -0.15) is 5.10 Å². The molecular weight excluding hydrogens is 390 g/mol. The van der Waals surface area contributed by atoms with Gasteiger partial charge in [0.1, 0.15) is 0 Å². The summed E-state index contributed by atoms with van der Waals surface area (Å²) < 4.78 is 2.20. The van der Waals surface area contributed by atoms with Gasteiger partial charge >= 0.3 is 0 Å². The number of hydrogen-bond acceptors (Lipinski definition) is 3. The summed E-state index contributed by atoms with van der Waals surface area (Å²) in [6.45, 7) is 6.22. The highest BCUT2D eigenvalue weighted by Gasteiger charge is 2.11. The number of benzene rings is 2. The zero-order valence-corrected chi connectivity index (χ0v) is 17.6. The zero-order valence-electron chi connectivity index (χ0n) is 16.1. The van der Waals surface area contributed by atoms with Crippen molar-refractivity contribution in [3.63, 3.8) is 0 Å². The van der Waals surface area contributed by atoms with Crippen LogP contribution in [-0.4, -0.2) is 22.4 Å². The van der Waals surface area contributed by atoms with Crippen LogP contribution in [0, 0.1) is 20.8 Å². The molecular formula is C22H22ClN3OS. The SMILES string of the molecule is Cc1ccccc1-n1c(C)cc(/C=N\NC(=O)CSc2ccc(Cl)cc2)c1C. The predicted octanol–water partition coefficient (Wildman–Crippen LogP) is 5.30. The molecule has 1 amide bonds. The number of nitrogens with zero attached hydrogens (tertiary/aromatic N) is 2. The second kappa shape index (κ2) is 9.13. The van der Waals surface area contributed by atoms with Gasteiger partial charge in [0.25, 0.3) is 0 Å². The van der Waals surface area contributed by atoms with Gasteiger partial charge in [-0.25, -0.2) is 5.43 Å². The average molecular weight is 412 g/mol. The lowest BCUT2D eigenvalue weighted by Gasteiger charge is -2.12. The number of thioether (sulfide) groups is 1. The summed E-state index contributed by atoms with van der Waals surface area (Å²) >= 11 is 7.31. The summed E-state index contributed by atoms with van der Waals surface area (Å²) in [4.78, 5) is 13.0. The van der Waals surface area contributed by atoms with Crippen molar-refractivity contribution in [2.24, 2.45) is 5.10 Å². The molecule has 1 heterocycles. The summed E-state index contributed by atoms with van der Waals surface area (Å²) in [5.41, 5.74) is 8.14. The van der Waals surface area contributed by atoms with E-state index in [0.29, 0.717) is 10.8 Å². The maximum Gasteiger partial charge on any atom is 0.250 e. The lowest BCUT2D eigenvalue weighted by molar-refractivity contribution is -0.118. The number of aryl methyl sites for hydroxylation is 2. The molecule has 0 saturated heterocycles. The van der Waals surface area contributed by atoms with E-state index in [2.05, 4.69) is 54.1 Å². The van der Waals surface area contributed by atoms with Gasteiger partial charge in [0, 0.05) is 32.6 Å². The molecule has 0 aliphatic carbocycles. The van der Waals surface area contributed by atoms with Gasteiger partial charge in [0.2, 0.25) is 5.91 Å².